The second-order valence-corrected chi connectivity index (χ2v) is 5.57. The molecule has 112 valence electrons. The molecule has 1 fully saturated rings. The fourth-order valence-electron chi connectivity index (χ4n) is 2.54. The van der Waals surface area contributed by atoms with Crippen molar-refractivity contribution in [3.8, 4) is 6.07 Å². The molecule has 0 aliphatic carbocycles. The van der Waals surface area contributed by atoms with Gasteiger partial charge in [0.05, 0.1) is 16.3 Å². The molecule has 1 saturated heterocycles. The van der Waals surface area contributed by atoms with E-state index in [0.717, 1.165) is 0 Å². The number of hydrogen-bond donors (Lipinski definition) is 1. The van der Waals surface area contributed by atoms with Gasteiger partial charge >= 0.3 is 0 Å². The summed E-state index contributed by atoms with van der Waals surface area (Å²) in [5.74, 6) is -0.656. The van der Waals surface area contributed by atoms with E-state index in [9.17, 15) is 9.18 Å². The number of pyridine rings is 1. The summed E-state index contributed by atoms with van der Waals surface area (Å²) in [6, 6.07) is 3.62. The van der Waals surface area contributed by atoms with E-state index in [1.807, 2.05) is 11.0 Å². The van der Waals surface area contributed by atoms with Crippen molar-refractivity contribution in [2.24, 2.45) is 11.7 Å². The summed E-state index contributed by atoms with van der Waals surface area (Å²) in [6.07, 6.45) is -0.569. The minimum absolute atomic E-state index is 0.350. The minimum atomic E-state index is -1.60. The Bertz CT molecular complexity index is 593. The summed E-state index contributed by atoms with van der Waals surface area (Å²) in [7, 11) is 0. The van der Waals surface area contributed by atoms with Gasteiger partial charge in [-0.1, -0.05) is 11.6 Å². The first-order chi connectivity index (χ1) is 9.93. The van der Waals surface area contributed by atoms with Gasteiger partial charge in [0.15, 0.2) is 6.17 Å². The van der Waals surface area contributed by atoms with Crippen LogP contribution in [0.2, 0.25) is 5.02 Å². The number of aryl methyl sites for hydroxylation is 1. The van der Waals surface area contributed by atoms with Crippen molar-refractivity contribution in [1.29, 1.82) is 5.26 Å². The Morgan fingerprint density at radius 1 is 1.62 bits per heavy atom. The maximum Gasteiger partial charge on any atom is 0.252 e. The van der Waals surface area contributed by atoms with Crippen LogP contribution in [0.4, 0.5) is 10.2 Å². The highest BCUT2D eigenvalue weighted by molar-refractivity contribution is 6.33. The first-order valence-electron chi connectivity index (χ1n) is 6.69. The van der Waals surface area contributed by atoms with Crippen molar-refractivity contribution in [2.45, 2.75) is 25.9 Å². The average molecular weight is 311 g/mol. The fraction of sp³-hybridized carbons (Fsp3) is 0.500. The first-order valence-corrected chi connectivity index (χ1v) is 7.07. The number of nitrogens with zero attached hydrogens (tertiary/aromatic N) is 3. The third-order valence-electron chi connectivity index (χ3n) is 3.79. The molecule has 1 aromatic heterocycles. The number of nitriles is 1. The molecular formula is C14H16ClFN4O. The number of halogens is 2. The van der Waals surface area contributed by atoms with Gasteiger partial charge in [-0.2, -0.15) is 5.26 Å². The van der Waals surface area contributed by atoms with E-state index in [-0.39, 0.29) is 5.92 Å². The highest BCUT2D eigenvalue weighted by Gasteiger charge is 2.31. The van der Waals surface area contributed by atoms with Gasteiger partial charge in [-0.25, -0.2) is 9.37 Å². The van der Waals surface area contributed by atoms with E-state index < -0.39 is 12.1 Å². The molecule has 0 unspecified atom stereocenters. The minimum Gasteiger partial charge on any atom is -0.367 e. The number of aromatic nitrogens is 1. The van der Waals surface area contributed by atoms with Crippen molar-refractivity contribution >= 4 is 23.3 Å². The van der Waals surface area contributed by atoms with Crippen molar-refractivity contribution in [1.82, 2.24) is 4.98 Å². The third kappa shape index (κ3) is 3.24. The van der Waals surface area contributed by atoms with Crippen LogP contribution in [0.25, 0.3) is 0 Å². The highest BCUT2D eigenvalue weighted by atomic mass is 35.5. The first kappa shape index (κ1) is 15.5. The van der Waals surface area contributed by atoms with E-state index in [2.05, 4.69) is 4.98 Å². The number of hydrogen-bond acceptors (Lipinski definition) is 4. The average Bonchev–Trinajstić information content (AvgIpc) is 2.48. The van der Waals surface area contributed by atoms with E-state index in [4.69, 9.17) is 22.6 Å². The topological polar surface area (TPSA) is 83.0 Å². The number of primary amides is 1. The van der Waals surface area contributed by atoms with Crippen LogP contribution in [0.1, 0.15) is 24.1 Å². The number of carbonyl (C=O) groups is 1. The predicted octanol–water partition coefficient (Wildman–Crippen LogP) is 1.95. The van der Waals surface area contributed by atoms with E-state index >= 15 is 0 Å². The van der Waals surface area contributed by atoms with Gasteiger partial charge in [-0.15, -0.1) is 0 Å². The SMILES string of the molecule is Cc1nc(N2CCC([C@@H](F)C(N)=O)CC2)c(Cl)cc1C#N. The Labute approximate surface area is 127 Å². The van der Waals surface area contributed by atoms with Crippen LogP contribution in [-0.4, -0.2) is 30.2 Å². The molecule has 5 nitrogen and oxygen atoms in total. The molecule has 1 atom stereocenters. The highest BCUT2D eigenvalue weighted by Crippen LogP contribution is 2.31. The van der Waals surface area contributed by atoms with Crippen molar-refractivity contribution < 1.29 is 9.18 Å². The van der Waals surface area contributed by atoms with Gasteiger partial charge in [-0.05, 0) is 25.8 Å². The van der Waals surface area contributed by atoms with Crippen LogP contribution >= 0.6 is 11.6 Å². The number of piperidine rings is 1. The second-order valence-electron chi connectivity index (χ2n) is 5.17. The summed E-state index contributed by atoms with van der Waals surface area (Å²) < 4.78 is 13.6. The van der Waals surface area contributed by atoms with Crippen molar-refractivity contribution in [2.75, 3.05) is 18.0 Å². The monoisotopic (exact) mass is 310 g/mol. The van der Waals surface area contributed by atoms with Gasteiger partial charge in [0, 0.05) is 19.0 Å². The largest absolute Gasteiger partial charge is 0.367 e. The lowest BCUT2D eigenvalue weighted by Crippen LogP contribution is -2.41. The Hall–Kier alpha value is -1.87. The molecule has 2 rings (SSSR count). The van der Waals surface area contributed by atoms with E-state index in [1.54, 1.807) is 13.0 Å². The number of alkyl halides is 1. The lowest BCUT2D eigenvalue weighted by molar-refractivity contribution is -0.124. The Balaban J connectivity index is 2.11. The molecule has 0 saturated carbocycles. The number of carbonyl (C=O) groups excluding carboxylic acids is 1. The Morgan fingerprint density at radius 3 is 2.76 bits per heavy atom. The summed E-state index contributed by atoms with van der Waals surface area (Å²) in [5.41, 5.74) is 6.05. The lowest BCUT2D eigenvalue weighted by Gasteiger charge is -2.34. The van der Waals surface area contributed by atoms with Crippen molar-refractivity contribution in [3.63, 3.8) is 0 Å². The summed E-state index contributed by atoms with van der Waals surface area (Å²) in [5, 5.41) is 9.35. The molecule has 0 aromatic carbocycles. The van der Waals surface area contributed by atoms with Crippen LogP contribution in [0.15, 0.2) is 6.07 Å². The number of amides is 1. The predicted molar refractivity (Wildman–Crippen MR) is 77.7 cm³/mol. The maximum atomic E-state index is 13.6. The standard InChI is InChI=1S/C14H16ClFN4O/c1-8-10(7-17)6-11(15)14(19-8)20-4-2-9(3-5-20)12(16)13(18)21/h6,9,12H,2-5H2,1H3,(H2,18,21)/t12-/m1/s1. The quantitative estimate of drug-likeness (QED) is 0.925. The van der Waals surface area contributed by atoms with Gasteiger partial charge in [-0.3, -0.25) is 4.79 Å². The Kier molecular flexibility index (Phi) is 4.63. The van der Waals surface area contributed by atoms with Gasteiger partial charge in [0.2, 0.25) is 0 Å². The van der Waals surface area contributed by atoms with Gasteiger partial charge < -0.3 is 10.6 Å². The smallest absolute Gasteiger partial charge is 0.252 e. The molecule has 0 spiro atoms. The van der Waals surface area contributed by atoms with E-state index in [0.29, 0.717) is 48.0 Å². The molecule has 0 bridgehead atoms. The van der Waals surface area contributed by atoms with Crippen LogP contribution in [0.3, 0.4) is 0 Å². The Morgan fingerprint density at radius 2 is 2.24 bits per heavy atom. The maximum absolute atomic E-state index is 13.6. The summed E-state index contributed by atoms with van der Waals surface area (Å²) >= 11 is 6.16. The third-order valence-corrected chi connectivity index (χ3v) is 4.07. The van der Waals surface area contributed by atoms with Crippen LogP contribution in [-0.2, 0) is 4.79 Å². The van der Waals surface area contributed by atoms with Crippen LogP contribution in [0, 0.1) is 24.2 Å². The zero-order chi connectivity index (χ0) is 15.6. The molecule has 1 amide bonds. The molecular weight excluding hydrogens is 295 g/mol. The molecule has 2 N–H and O–H groups in total. The molecule has 1 aliphatic rings. The lowest BCUT2D eigenvalue weighted by atomic mass is 9.92. The zero-order valence-electron chi connectivity index (χ0n) is 11.6. The van der Waals surface area contributed by atoms with Crippen LogP contribution < -0.4 is 10.6 Å². The normalized spacial score (nSPS) is 17.3. The summed E-state index contributed by atoms with van der Waals surface area (Å²) in [4.78, 5) is 17.2. The molecule has 21 heavy (non-hydrogen) atoms. The van der Waals surface area contributed by atoms with Crippen molar-refractivity contribution in [3.05, 3.63) is 22.3 Å². The fourth-order valence-corrected chi connectivity index (χ4v) is 2.81. The second kappa shape index (κ2) is 6.27. The summed E-state index contributed by atoms with van der Waals surface area (Å²) in [6.45, 7) is 2.85. The van der Waals surface area contributed by atoms with Crippen LogP contribution in [0.5, 0.6) is 0 Å². The molecule has 1 aromatic rings. The number of nitrogens with two attached hydrogens (primary N) is 1. The van der Waals surface area contributed by atoms with Gasteiger partial charge in [0.25, 0.3) is 5.91 Å². The molecule has 2 heterocycles. The van der Waals surface area contributed by atoms with E-state index in [1.165, 1.54) is 0 Å². The molecule has 7 heteroatoms. The number of rotatable bonds is 3. The van der Waals surface area contributed by atoms with Gasteiger partial charge in [0.1, 0.15) is 11.9 Å². The zero-order valence-corrected chi connectivity index (χ0v) is 12.4. The molecule has 0 radical (unpaired) electrons. The number of anilines is 1. The molecule has 1 aliphatic heterocycles.